The Morgan fingerprint density at radius 3 is 2.91 bits per heavy atom. The summed E-state index contributed by atoms with van der Waals surface area (Å²) in [4.78, 5) is 1.39. The summed E-state index contributed by atoms with van der Waals surface area (Å²) in [6.45, 7) is 0.977. The Morgan fingerprint density at radius 2 is 2.09 bits per heavy atom. The number of hydrogen-bond acceptors (Lipinski definition) is 3. The molecule has 2 nitrogen and oxygen atoms in total. The van der Waals surface area contributed by atoms with Gasteiger partial charge in [-0.1, -0.05) is 30.4 Å². The molecule has 1 aliphatic carbocycles. The van der Waals surface area contributed by atoms with Crippen molar-refractivity contribution in [3.05, 3.63) is 63.9 Å². The van der Waals surface area contributed by atoms with Crippen LogP contribution >= 0.6 is 11.3 Å². The normalized spacial score (nSPS) is 14.6. The molecule has 1 unspecified atom stereocenters. The Labute approximate surface area is 136 Å². The molecular weight excluding hydrogens is 290 g/mol. The zero-order chi connectivity index (χ0) is 15.2. The number of fused-ring (bicyclic) bond motifs is 1. The monoisotopic (exact) mass is 313 g/mol. The van der Waals surface area contributed by atoms with Gasteiger partial charge in [0.15, 0.2) is 0 Å². The molecule has 0 saturated heterocycles. The summed E-state index contributed by atoms with van der Waals surface area (Å²) >= 11 is 1.81. The van der Waals surface area contributed by atoms with Gasteiger partial charge < -0.3 is 10.1 Å². The third kappa shape index (κ3) is 3.79. The summed E-state index contributed by atoms with van der Waals surface area (Å²) in [5.74, 6) is 1.07. The Balaban J connectivity index is 1.75. The van der Waals surface area contributed by atoms with E-state index in [2.05, 4.69) is 53.2 Å². The smallest absolute Gasteiger partial charge is 0.123 e. The van der Waals surface area contributed by atoms with Crippen LogP contribution in [0.2, 0.25) is 0 Å². The van der Waals surface area contributed by atoms with Crippen LogP contribution in [0.5, 0.6) is 5.75 Å². The highest BCUT2D eigenvalue weighted by molar-refractivity contribution is 7.09. The molecule has 1 aromatic carbocycles. The van der Waals surface area contributed by atoms with Gasteiger partial charge in [-0.3, -0.25) is 0 Å². The third-order valence-corrected chi connectivity index (χ3v) is 4.97. The van der Waals surface area contributed by atoms with E-state index in [9.17, 15) is 0 Å². The van der Waals surface area contributed by atoms with E-state index in [0.717, 1.165) is 38.0 Å². The van der Waals surface area contributed by atoms with Crippen molar-refractivity contribution in [2.24, 2.45) is 0 Å². The molecule has 1 aliphatic rings. The standard InChI is InChI=1S/C19H23NOS/c1-20-12-11-16(14-17-8-5-13-22-17)21-19-10-4-7-15-6-2-3-9-18(15)19/h2-5,7-8,10,13,16,20H,6,9,11-12,14H2,1H3. The van der Waals surface area contributed by atoms with E-state index < -0.39 is 0 Å². The van der Waals surface area contributed by atoms with Gasteiger partial charge in [0.25, 0.3) is 0 Å². The van der Waals surface area contributed by atoms with Crippen molar-refractivity contribution in [2.45, 2.75) is 31.8 Å². The molecule has 1 atom stereocenters. The van der Waals surface area contributed by atoms with Crippen LogP contribution in [0.4, 0.5) is 0 Å². The number of ether oxygens (including phenoxy) is 1. The average molecular weight is 313 g/mol. The predicted molar refractivity (Wildman–Crippen MR) is 94.0 cm³/mol. The van der Waals surface area contributed by atoms with Crippen LogP contribution < -0.4 is 10.1 Å². The fourth-order valence-electron chi connectivity index (χ4n) is 2.90. The third-order valence-electron chi connectivity index (χ3n) is 4.08. The van der Waals surface area contributed by atoms with E-state index >= 15 is 0 Å². The molecule has 2 aromatic rings. The van der Waals surface area contributed by atoms with Crippen molar-refractivity contribution in [3.8, 4) is 5.75 Å². The number of rotatable bonds is 7. The van der Waals surface area contributed by atoms with E-state index in [4.69, 9.17) is 4.74 Å². The molecule has 0 saturated carbocycles. The number of nitrogens with one attached hydrogen (secondary N) is 1. The largest absolute Gasteiger partial charge is 0.490 e. The van der Waals surface area contributed by atoms with Gasteiger partial charge in [-0.15, -0.1) is 11.3 Å². The molecule has 22 heavy (non-hydrogen) atoms. The van der Waals surface area contributed by atoms with E-state index in [1.807, 2.05) is 18.4 Å². The number of hydrogen-bond donors (Lipinski definition) is 1. The SMILES string of the molecule is CNCCC(Cc1cccs1)Oc1cccc2c1CC=CC2. The van der Waals surface area contributed by atoms with Gasteiger partial charge in [0.05, 0.1) is 0 Å². The summed E-state index contributed by atoms with van der Waals surface area (Å²) in [7, 11) is 2.00. The van der Waals surface area contributed by atoms with Crippen molar-refractivity contribution >= 4 is 11.3 Å². The minimum absolute atomic E-state index is 0.225. The maximum atomic E-state index is 6.42. The molecular formula is C19H23NOS. The first-order chi connectivity index (χ1) is 10.9. The zero-order valence-electron chi connectivity index (χ0n) is 13.0. The molecule has 0 bridgehead atoms. The molecule has 3 rings (SSSR count). The van der Waals surface area contributed by atoms with Crippen molar-refractivity contribution < 1.29 is 4.74 Å². The first-order valence-corrected chi connectivity index (χ1v) is 8.84. The predicted octanol–water partition coefficient (Wildman–Crippen LogP) is 4.00. The number of benzene rings is 1. The quantitative estimate of drug-likeness (QED) is 0.780. The Hall–Kier alpha value is -1.58. The van der Waals surface area contributed by atoms with Gasteiger partial charge in [0.2, 0.25) is 0 Å². The highest BCUT2D eigenvalue weighted by Gasteiger charge is 2.16. The Morgan fingerprint density at radius 1 is 1.18 bits per heavy atom. The second kappa shape index (κ2) is 7.61. The second-order valence-corrected chi connectivity index (χ2v) is 6.72. The molecule has 0 fully saturated rings. The van der Waals surface area contributed by atoms with Crippen molar-refractivity contribution in [2.75, 3.05) is 13.6 Å². The van der Waals surface area contributed by atoms with Crippen LogP contribution in [0, 0.1) is 0 Å². The van der Waals surface area contributed by atoms with E-state index in [1.165, 1.54) is 16.0 Å². The van der Waals surface area contributed by atoms with Crippen LogP contribution in [0.25, 0.3) is 0 Å². The molecule has 0 amide bonds. The van der Waals surface area contributed by atoms with Crippen LogP contribution in [0.3, 0.4) is 0 Å². The van der Waals surface area contributed by atoms with Crippen molar-refractivity contribution in [3.63, 3.8) is 0 Å². The van der Waals surface area contributed by atoms with E-state index in [0.29, 0.717) is 0 Å². The van der Waals surface area contributed by atoms with E-state index in [1.54, 1.807) is 0 Å². The van der Waals surface area contributed by atoms with Gasteiger partial charge >= 0.3 is 0 Å². The minimum atomic E-state index is 0.225. The molecule has 1 heterocycles. The maximum Gasteiger partial charge on any atom is 0.123 e. The van der Waals surface area contributed by atoms with Gasteiger partial charge in [-0.2, -0.15) is 0 Å². The Kier molecular flexibility index (Phi) is 5.30. The lowest BCUT2D eigenvalue weighted by molar-refractivity contribution is 0.190. The Bertz CT molecular complexity index is 618. The fraction of sp³-hybridized carbons (Fsp3) is 0.368. The van der Waals surface area contributed by atoms with Crippen molar-refractivity contribution in [1.29, 1.82) is 0 Å². The lowest BCUT2D eigenvalue weighted by Crippen LogP contribution is -2.25. The lowest BCUT2D eigenvalue weighted by atomic mass is 9.96. The van der Waals surface area contributed by atoms with E-state index in [-0.39, 0.29) is 6.10 Å². The first-order valence-electron chi connectivity index (χ1n) is 7.96. The summed E-state index contributed by atoms with van der Waals surface area (Å²) < 4.78 is 6.42. The summed E-state index contributed by atoms with van der Waals surface area (Å²) in [5.41, 5.74) is 2.77. The zero-order valence-corrected chi connectivity index (χ0v) is 13.9. The van der Waals surface area contributed by atoms with Gasteiger partial charge in [0, 0.05) is 16.9 Å². The summed E-state index contributed by atoms with van der Waals surface area (Å²) in [5, 5.41) is 5.38. The summed E-state index contributed by atoms with van der Waals surface area (Å²) in [6, 6.07) is 10.8. The highest BCUT2D eigenvalue weighted by atomic mass is 32.1. The number of thiophene rings is 1. The average Bonchev–Trinajstić information content (AvgIpc) is 3.06. The molecule has 3 heteroatoms. The first kappa shape index (κ1) is 15.3. The molecule has 0 spiro atoms. The molecule has 1 aromatic heterocycles. The van der Waals surface area contributed by atoms with Crippen molar-refractivity contribution in [1.82, 2.24) is 5.32 Å². The highest BCUT2D eigenvalue weighted by Crippen LogP contribution is 2.28. The van der Waals surface area contributed by atoms with Gasteiger partial charge in [-0.25, -0.2) is 0 Å². The molecule has 0 radical (unpaired) electrons. The lowest BCUT2D eigenvalue weighted by Gasteiger charge is -2.22. The molecule has 0 aliphatic heterocycles. The second-order valence-electron chi connectivity index (χ2n) is 5.69. The molecule has 1 N–H and O–H groups in total. The van der Waals surface area contributed by atoms with Crippen LogP contribution in [-0.4, -0.2) is 19.7 Å². The fourth-order valence-corrected chi connectivity index (χ4v) is 3.67. The minimum Gasteiger partial charge on any atom is -0.490 e. The van der Waals surface area contributed by atoms with Gasteiger partial charge in [0.1, 0.15) is 11.9 Å². The van der Waals surface area contributed by atoms with Crippen LogP contribution in [-0.2, 0) is 19.3 Å². The van der Waals surface area contributed by atoms with Crippen LogP contribution in [0.1, 0.15) is 22.4 Å². The van der Waals surface area contributed by atoms with Gasteiger partial charge in [-0.05, 0) is 55.9 Å². The maximum absolute atomic E-state index is 6.42. The topological polar surface area (TPSA) is 21.3 Å². The molecule has 116 valence electrons. The van der Waals surface area contributed by atoms with Crippen LogP contribution in [0.15, 0.2) is 47.9 Å². The summed E-state index contributed by atoms with van der Waals surface area (Å²) in [6.07, 6.45) is 8.74. The number of allylic oxidation sites excluding steroid dienone is 2.